The highest BCUT2D eigenvalue weighted by molar-refractivity contribution is 5.94. The molecule has 23 heavy (non-hydrogen) atoms. The van der Waals surface area contributed by atoms with Crippen molar-refractivity contribution in [3.63, 3.8) is 0 Å². The molecule has 0 saturated heterocycles. The van der Waals surface area contributed by atoms with E-state index < -0.39 is 0 Å². The van der Waals surface area contributed by atoms with Crippen molar-refractivity contribution >= 4 is 11.8 Å². The molecule has 1 aromatic rings. The van der Waals surface area contributed by atoms with Crippen molar-refractivity contribution in [2.45, 2.75) is 40.2 Å². The lowest BCUT2D eigenvalue weighted by Gasteiger charge is -2.26. The smallest absolute Gasteiger partial charge is 0.251 e. The zero-order valence-electron chi connectivity index (χ0n) is 14.7. The molecule has 0 aliphatic carbocycles. The van der Waals surface area contributed by atoms with Crippen LogP contribution in [-0.2, 0) is 4.79 Å². The third-order valence-corrected chi connectivity index (χ3v) is 3.95. The average molecular weight is 319 g/mol. The third kappa shape index (κ3) is 6.82. The number of carbonyl (C=O) groups is 2. The number of nitrogens with zero attached hydrogens (tertiary/aromatic N) is 1. The molecular formula is C18H29N3O2. The van der Waals surface area contributed by atoms with E-state index in [1.54, 1.807) is 6.07 Å². The van der Waals surface area contributed by atoms with Gasteiger partial charge in [-0.2, -0.15) is 0 Å². The zero-order valence-corrected chi connectivity index (χ0v) is 14.7. The van der Waals surface area contributed by atoms with Crippen molar-refractivity contribution in [1.29, 1.82) is 0 Å². The van der Waals surface area contributed by atoms with Gasteiger partial charge >= 0.3 is 0 Å². The number of benzene rings is 1. The molecule has 0 spiro atoms. The summed E-state index contributed by atoms with van der Waals surface area (Å²) >= 11 is 0. The van der Waals surface area contributed by atoms with Gasteiger partial charge in [-0.15, -0.1) is 0 Å². The van der Waals surface area contributed by atoms with E-state index in [4.69, 9.17) is 0 Å². The van der Waals surface area contributed by atoms with Gasteiger partial charge < -0.3 is 10.6 Å². The number of nitrogens with one attached hydrogen (secondary N) is 2. The highest BCUT2D eigenvalue weighted by atomic mass is 16.2. The largest absolute Gasteiger partial charge is 0.354 e. The molecule has 128 valence electrons. The molecule has 5 heteroatoms. The summed E-state index contributed by atoms with van der Waals surface area (Å²) < 4.78 is 0. The molecule has 2 amide bonds. The maximum absolute atomic E-state index is 12.0. The van der Waals surface area contributed by atoms with Crippen molar-refractivity contribution in [2.24, 2.45) is 0 Å². The van der Waals surface area contributed by atoms with Crippen LogP contribution in [0.1, 0.15) is 43.1 Å². The van der Waals surface area contributed by atoms with Crippen LogP contribution in [0.25, 0.3) is 0 Å². The minimum Gasteiger partial charge on any atom is -0.354 e. The van der Waals surface area contributed by atoms with Crippen LogP contribution >= 0.6 is 0 Å². The number of carbonyl (C=O) groups excluding carboxylic acids is 2. The Hall–Kier alpha value is -1.88. The zero-order chi connectivity index (χ0) is 17.2. The predicted molar refractivity (Wildman–Crippen MR) is 93.5 cm³/mol. The molecule has 0 unspecified atom stereocenters. The fourth-order valence-electron chi connectivity index (χ4n) is 2.50. The highest BCUT2D eigenvalue weighted by Crippen LogP contribution is 2.03. The van der Waals surface area contributed by atoms with Gasteiger partial charge in [0, 0.05) is 31.1 Å². The fraction of sp³-hybridized carbons (Fsp3) is 0.556. The van der Waals surface area contributed by atoms with E-state index in [0.717, 1.165) is 18.7 Å². The van der Waals surface area contributed by atoms with Gasteiger partial charge in [0.2, 0.25) is 5.91 Å². The summed E-state index contributed by atoms with van der Waals surface area (Å²) in [6.45, 7) is 11.2. The van der Waals surface area contributed by atoms with Crippen LogP contribution in [0.2, 0.25) is 0 Å². The van der Waals surface area contributed by atoms with Crippen LogP contribution in [-0.4, -0.2) is 48.9 Å². The van der Waals surface area contributed by atoms with E-state index in [-0.39, 0.29) is 11.8 Å². The maximum Gasteiger partial charge on any atom is 0.251 e. The van der Waals surface area contributed by atoms with Crippen LogP contribution in [0.15, 0.2) is 24.3 Å². The molecular weight excluding hydrogens is 290 g/mol. The second kappa shape index (κ2) is 10.0. The van der Waals surface area contributed by atoms with Crippen molar-refractivity contribution in [1.82, 2.24) is 15.5 Å². The number of rotatable bonds is 9. The third-order valence-electron chi connectivity index (χ3n) is 3.95. The van der Waals surface area contributed by atoms with Crippen molar-refractivity contribution in [2.75, 3.05) is 26.2 Å². The minimum absolute atomic E-state index is 0.0338. The Morgan fingerprint density at radius 1 is 1.17 bits per heavy atom. The lowest BCUT2D eigenvalue weighted by atomic mass is 10.1. The lowest BCUT2D eigenvalue weighted by molar-refractivity contribution is -0.121. The van der Waals surface area contributed by atoms with Gasteiger partial charge in [-0.3, -0.25) is 14.5 Å². The van der Waals surface area contributed by atoms with Crippen LogP contribution in [0.3, 0.4) is 0 Å². The topological polar surface area (TPSA) is 61.4 Å². The van der Waals surface area contributed by atoms with Gasteiger partial charge in [0.25, 0.3) is 5.91 Å². The minimum atomic E-state index is -0.141. The molecule has 0 aromatic heterocycles. The van der Waals surface area contributed by atoms with E-state index in [2.05, 4.69) is 36.3 Å². The van der Waals surface area contributed by atoms with Gasteiger partial charge in [-0.05, 0) is 39.1 Å². The standard InChI is InChI=1S/C18H29N3O2/c1-5-21(6-2)15(4)13-20-17(22)10-11-19-18(23)16-9-7-8-14(3)12-16/h7-9,12,15H,5-6,10-11,13H2,1-4H3,(H,19,23)(H,20,22)/t15-/m0/s1. The van der Waals surface area contributed by atoms with Gasteiger partial charge in [-0.25, -0.2) is 0 Å². The monoisotopic (exact) mass is 319 g/mol. The van der Waals surface area contributed by atoms with Gasteiger partial charge in [0.15, 0.2) is 0 Å². The summed E-state index contributed by atoms with van der Waals surface area (Å²) in [4.78, 5) is 26.1. The molecule has 1 aromatic carbocycles. The lowest BCUT2D eigenvalue weighted by Crippen LogP contribution is -2.42. The van der Waals surface area contributed by atoms with Crippen LogP contribution < -0.4 is 10.6 Å². The Kier molecular flexibility index (Phi) is 8.33. The summed E-state index contributed by atoms with van der Waals surface area (Å²) in [5, 5.41) is 5.70. The summed E-state index contributed by atoms with van der Waals surface area (Å²) in [6.07, 6.45) is 0.294. The highest BCUT2D eigenvalue weighted by Gasteiger charge is 2.11. The second-order valence-electron chi connectivity index (χ2n) is 5.75. The molecule has 5 nitrogen and oxygen atoms in total. The van der Waals surface area contributed by atoms with Crippen LogP contribution in [0, 0.1) is 6.92 Å². The molecule has 0 heterocycles. The first-order valence-electron chi connectivity index (χ1n) is 8.33. The van der Waals surface area contributed by atoms with Crippen molar-refractivity contribution in [3.05, 3.63) is 35.4 Å². The van der Waals surface area contributed by atoms with Gasteiger partial charge in [-0.1, -0.05) is 31.5 Å². The van der Waals surface area contributed by atoms with E-state index in [1.165, 1.54) is 0 Å². The first-order chi connectivity index (χ1) is 11.0. The maximum atomic E-state index is 12.0. The molecule has 0 aliphatic heterocycles. The first-order valence-corrected chi connectivity index (χ1v) is 8.33. The second-order valence-corrected chi connectivity index (χ2v) is 5.75. The predicted octanol–water partition coefficient (Wildman–Crippen LogP) is 1.96. The molecule has 0 radical (unpaired) electrons. The average Bonchev–Trinajstić information content (AvgIpc) is 2.54. The number of hydrogen-bond donors (Lipinski definition) is 2. The molecule has 1 rings (SSSR count). The molecule has 2 N–H and O–H groups in total. The number of hydrogen-bond acceptors (Lipinski definition) is 3. The Labute approximate surface area is 139 Å². The molecule has 0 bridgehead atoms. The van der Waals surface area contributed by atoms with Crippen molar-refractivity contribution < 1.29 is 9.59 Å². The molecule has 0 fully saturated rings. The van der Waals surface area contributed by atoms with E-state index in [0.29, 0.717) is 31.1 Å². The first kappa shape index (κ1) is 19.2. The normalized spacial score (nSPS) is 12.0. The summed E-state index contributed by atoms with van der Waals surface area (Å²) in [5.41, 5.74) is 1.67. The Morgan fingerprint density at radius 3 is 2.48 bits per heavy atom. The van der Waals surface area contributed by atoms with Crippen LogP contribution in [0.5, 0.6) is 0 Å². The summed E-state index contributed by atoms with van der Waals surface area (Å²) in [5.74, 6) is -0.174. The van der Waals surface area contributed by atoms with Crippen LogP contribution in [0.4, 0.5) is 0 Å². The molecule has 0 saturated carbocycles. The molecule has 1 atom stereocenters. The fourth-order valence-corrected chi connectivity index (χ4v) is 2.50. The SMILES string of the molecule is CCN(CC)[C@@H](C)CNC(=O)CCNC(=O)c1cccc(C)c1. The summed E-state index contributed by atoms with van der Waals surface area (Å²) in [6, 6.07) is 7.72. The van der Waals surface area contributed by atoms with E-state index >= 15 is 0 Å². The van der Waals surface area contributed by atoms with E-state index in [1.807, 2.05) is 25.1 Å². The Morgan fingerprint density at radius 2 is 1.87 bits per heavy atom. The Balaban J connectivity index is 2.27. The van der Waals surface area contributed by atoms with Crippen molar-refractivity contribution in [3.8, 4) is 0 Å². The van der Waals surface area contributed by atoms with E-state index in [9.17, 15) is 9.59 Å². The Bertz CT molecular complexity index is 513. The molecule has 0 aliphatic rings. The number of amides is 2. The number of aryl methyl sites for hydroxylation is 1. The van der Waals surface area contributed by atoms with Gasteiger partial charge in [0.05, 0.1) is 0 Å². The van der Waals surface area contributed by atoms with Gasteiger partial charge in [0.1, 0.15) is 0 Å². The number of likely N-dealkylation sites (N-methyl/N-ethyl adjacent to an activating group) is 1. The quantitative estimate of drug-likeness (QED) is 0.731. The summed E-state index contributed by atoms with van der Waals surface area (Å²) in [7, 11) is 0.